The third-order valence-electron chi connectivity index (χ3n) is 4.61. The average molecular weight is 309 g/mol. The van der Waals surface area contributed by atoms with Gasteiger partial charge in [-0.25, -0.2) is 4.98 Å². The Hall–Kier alpha value is -0.490. The highest BCUT2D eigenvalue weighted by molar-refractivity contribution is 7.11. The van der Waals surface area contributed by atoms with E-state index in [-0.39, 0.29) is 0 Å². The lowest BCUT2D eigenvalue weighted by Crippen LogP contribution is -2.47. The lowest BCUT2D eigenvalue weighted by Gasteiger charge is -2.36. The normalized spacial score (nSPS) is 26.8. The van der Waals surface area contributed by atoms with Crippen LogP contribution >= 0.6 is 11.3 Å². The van der Waals surface area contributed by atoms with Gasteiger partial charge in [0.15, 0.2) is 0 Å². The van der Waals surface area contributed by atoms with E-state index in [1.165, 1.54) is 54.2 Å². The Morgan fingerprint density at radius 1 is 1.38 bits per heavy atom. The number of hydrogen-bond acceptors (Lipinski definition) is 5. The number of hydrogen-bond donors (Lipinski definition) is 1. The van der Waals surface area contributed by atoms with Gasteiger partial charge in [0, 0.05) is 37.2 Å². The summed E-state index contributed by atoms with van der Waals surface area (Å²) >= 11 is 1.89. The van der Waals surface area contributed by atoms with E-state index in [4.69, 9.17) is 9.72 Å². The Kier molecular flexibility index (Phi) is 5.27. The van der Waals surface area contributed by atoms with Crippen molar-refractivity contribution in [3.8, 4) is 0 Å². The van der Waals surface area contributed by atoms with Crippen molar-refractivity contribution in [3.05, 3.63) is 15.6 Å². The summed E-state index contributed by atoms with van der Waals surface area (Å²) in [6.45, 7) is 6.41. The highest BCUT2D eigenvalue weighted by Gasteiger charge is 2.27. The number of likely N-dealkylation sites (tertiary alicyclic amines) is 1. The molecule has 1 aromatic heterocycles. The second kappa shape index (κ2) is 7.18. The van der Waals surface area contributed by atoms with Crippen LogP contribution in [0, 0.1) is 6.92 Å². The fourth-order valence-electron chi connectivity index (χ4n) is 3.60. The van der Waals surface area contributed by atoms with E-state index < -0.39 is 0 Å². The highest BCUT2D eigenvalue weighted by atomic mass is 32.1. The number of ether oxygens (including phenoxy) is 1. The van der Waals surface area contributed by atoms with Gasteiger partial charge in [-0.2, -0.15) is 0 Å². The fraction of sp³-hybridized carbons (Fsp3) is 0.812. The van der Waals surface area contributed by atoms with Gasteiger partial charge in [0.2, 0.25) is 0 Å². The van der Waals surface area contributed by atoms with Gasteiger partial charge in [0.1, 0.15) is 0 Å². The maximum Gasteiger partial charge on any atom is 0.0900 e. The fourth-order valence-corrected chi connectivity index (χ4v) is 4.67. The molecule has 2 heterocycles. The molecule has 0 saturated carbocycles. The van der Waals surface area contributed by atoms with Gasteiger partial charge in [0.25, 0.3) is 0 Å². The third-order valence-corrected chi connectivity index (χ3v) is 5.74. The molecule has 2 atom stereocenters. The minimum absolute atomic E-state index is 0.535. The molecule has 21 heavy (non-hydrogen) atoms. The Bertz CT molecular complexity index is 462. The van der Waals surface area contributed by atoms with Gasteiger partial charge in [-0.05, 0) is 45.6 Å². The smallest absolute Gasteiger partial charge is 0.0900 e. The van der Waals surface area contributed by atoms with Crippen LogP contribution in [0.5, 0.6) is 0 Å². The Morgan fingerprint density at radius 2 is 2.29 bits per heavy atom. The molecule has 1 fully saturated rings. The number of fused-ring (bicyclic) bond motifs is 1. The van der Waals surface area contributed by atoms with E-state index in [2.05, 4.69) is 17.1 Å². The number of aromatic nitrogens is 1. The van der Waals surface area contributed by atoms with E-state index in [1.807, 2.05) is 11.3 Å². The first-order valence-electron chi connectivity index (χ1n) is 8.20. The third kappa shape index (κ3) is 3.83. The molecule has 0 bridgehead atoms. The van der Waals surface area contributed by atoms with Crippen molar-refractivity contribution in [2.45, 2.75) is 51.1 Å². The highest BCUT2D eigenvalue weighted by Crippen LogP contribution is 2.34. The number of piperidine rings is 1. The minimum Gasteiger partial charge on any atom is -0.383 e. The summed E-state index contributed by atoms with van der Waals surface area (Å²) in [5.41, 5.74) is 1.35. The molecule has 0 radical (unpaired) electrons. The molecule has 1 aliphatic carbocycles. The molecular formula is C16H27N3OS. The topological polar surface area (TPSA) is 37.4 Å². The van der Waals surface area contributed by atoms with Crippen LogP contribution in [-0.2, 0) is 11.2 Å². The standard InChI is InChI=1S/C16H27N3OS/c1-12-17-14-6-3-7-15(16(14)21-12)18-13-5-4-8-19(11-13)9-10-20-2/h13,15,18H,3-11H2,1-2H3/t13-,15+/m1/s1. The Labute approximate surface area is 131 Å². The van der Waals surface area contributed by atoms with Crippen molar-refractivity contribution in [2.75, 3.05) is 33.4 Å². The predicted octanol–water partition coefficient (Wildman–Crippen LogP) is 2.53. The minimum atomic E-state index is 0.535. The van der Waals surface area contributed by atoms with Crippen LogP contribution < -0.4 is 5.32 Å². The maximum atomic E-state index is 5.21. The largest absolute Gasteiger partial charge is 0.383 e. The zero-order valence-electron chi connectivity index (χ0n) is 13.2. The molecule has 2 aliphatic rings. The molecule has 1 N–H and O–H groups in total. The van der Waals surface area contributed by atoms with E-state index in [0.717, 1.165) is 19.7 Å². The number of nitrogens with one attached hydrogen (secondary N) is 1. The summed E-state index contributed by atoms with van der Waals surface area (Å²) in [6.07, 6.45) is 6.30. The van der Waals surface area contributed by atoms with Gasteiger partial charge in [-0.1, -0.05) is 0 Å². The van der Waals surface area contributed by atoms with Crippen LogP contribution in [0.2, 0.25) is 0 Å². The second-order valence-corrected chi connectivity index (χ2v) is 7.52. The van der Waals surface area contributed by atoms with Crippen molar-refractivity contribution in [1.82, 2.24) is 15.2 Å². The summed E-state index contributed by atoms with van der Waals surface area (Å²) < 4.78 is 5.21. The first-order valence-corrected chi connectivity index (χ1v) is 9.01. The molecule has 4 nitrogen and oxygen atoms in total. The summed E-state index contributed by atoms with van der Waals surface area (Å²) in [4.78, 5) is 8.74. The monoisotopic (exact) mass is 309 g/mol. The first kappa shape index (κ1) is 15.4. The molecule has 5 heteroatoms. The van der Waals surface area contributed by atoms with E-state index >= 15 is 0 Å². The van der Waals surface area contributed by atoms with Crippen molar-refractivity contribution >= 4 is 11.3 Å². The molecular weight excluding hydrogens is 282 g/mol. The zero-order valence-corrected chi connectivity index (χ0v) is 14.0. The van der Waals surface area contributed by atoms with Gasteiger partial charge in [-0.3, -0.25) is 4.90 Å². The van der Waals surface area contributed by atoms with Crippen molar-refractivity contribution in [2.24, 2.45) is 0 Å². The van der Waals surface area contributed by atoms with Crippen molar-refractivity contribution < 1.29 is 4.74 Å². The van der Waals surface area contributed by atoms with Crippen LogP contribution in [-0.4, -0.2) is 49.3 Å². The molecule has 1 aliphatic heterocycles. The average Bonchev–Trinajstić information content (AvgIpc) is 2.87. The quantitative estimate of drug-likeness (QED) is 0.907. The van der Waals surface area contributed by atoms with Crippen LogP contribution in [0.3, 0.4) is 0 Å². The molecule has 118 valence electrons. The molecule has 1 saturated heterocycles. The van der Waals surface area contributed by atoms with Crippen LogP contribution in [0.1, 0.15) is 47.3 Å². The maximum absolute atomic E-state index is 5.21. The number of rotatable bonds is 5. The predicted molar refractivity (Wildman–Crippen MR) is 87.0 cm³/mol. The van der Waals surface area contributed by atoms with Crippen LogP contribution in [0.4, 0.5) is 0 Å². The Balaban J connectivity index is 1.59. The SMILES string of the molecule is COCCN1CCC[C@@H](N[C@H]2CCCc3nc(C)sc32)C1. The zero-order chi connectivity index (χ0) is 14.7. The van der Waals surface area contributed by atoms with E-state index in [9.17, 15) is 0 Å². The number of thiazole rings is 1. The van der Waals surface area contributed by atoms with Gasteiger partial charge >= 0.3 is 0 Å². The van der Waals surface area contributed by atoms with Gasteiger partial charge in [-0.15, -0.1) is 11.3 Å². The summed E-state index contributed by atoms with van der Waals surface area (Å²) in [5.74, 6) is 0. The Morgan fingerprint density at radius 3 is 3.14 bits per heavy atom. The second-order valence-electron chi connectivity index (χ2n) is 6.29. The number of aryl methyl sites for hydroxylation is 2. The van der Waals surface area contributed by atoms with E-state index in [1.54, 1.807) is 7.11 Å². The lowest BCUT2D eigenvalue weighted by atomic mass is 9.96. The molecule has 1 aromatic rings. The number of nitrogens with zero attached hydrogens (tertiary/aromatic N) is 2. The molecule has 0 spiro atoms. The lowest BCUT2D eigenvalue weighted by molar-refractivity contribution is 0.119. The van der Waals surface area contributed by atoms with Crippen LogP contribution in [0.15, 0.2) is 0 Å². The first-order chi connectivity index (χ1) is 10.3. The van der Waals surface area contributed by atoms with Gasteiger partial charge < -0.3 is 10.1 Å². The van der Waals surface area contributed by atoms with E-state index in [0.29, 0.717) is 12.1 Å². The van der Waals surface area contributed by atoms with Crippen molar-refractivity contribution in [3.63, 3.8) is 0 Å². The van der Waals surface area contributed by atoms with Crippen LogP contribution in [0.25, 0.3) is 0 Å². The molecule has 0 aromatic carbocycles. The van der Waals surface area contributed by atoms with Crippen molar-refractivity contribution in [1.29, 1.82) is 0 Å². The summed E-state index contributed by atoms with van der Waals surface area (Å²) in [7, 11) is 1.79. The molecule has 0 amide bonds. The summed E-state index contributed by atoms with van der Waals surface area (Å²) in [6, 6.07) is 1.15. The molecule has 3 rings (SSSR count). The molecule has 0 unspecified atom stereocenters. The van der Waals surface area contributed by atoms with Gasteiger partial charge in [0.05, 0.1) is 17.3 Å². The number of methoxy groups -OCH3 is 1. The summed E-state index contributed by atoms with van der Waals surface area (Å²) in [5, 5.41) is 5.14.